The van der Waals surface area contributed by atoms with Crippen molar-refractivity contribution in [1.29, 1.82) is 0 Å². The Hall–Kier alpha value is -1.31. The van der Waals surface area contributed by atoms with Gasteiger partial charge >= 0.3 is 0 Å². The second-order valence-corrected chi connectivity index (χ2v) is 4.03. The van der Waals surface area contributed by atoms with Crippen LogP contribution in [0, 0.1) is 0 Å². The van der Waals surface area contributed by atoms with Gasteiger partial charge in [-0.05, 0) is 35.8 Å². The Morgan fingerprint density at radius 3 is 1.86 bits per heavy atom. The zero-order chi connectivity index (χ0) is 10.1. The van der Waals surface area contributed by atoms with E-state index in [4.69, 9.17) is 0 Å². The van der Waals surface area contributed by atoms with E-state index >= 15 is 0 Å². The molecule has 14 heavy (non-hydrogen) atoms. The van der Waals surface area contributed by atoms with Crippen molar-refractivity contribution in [2.45, 2.75) is 31.6 Å². The summed E-state index contributed by atoms with van der Waals surface area (Å²) in [5.74, 6) is 1.60. The van der Waals surface area contributed by atoms with Crippen molar-refractivity contribution in [2.24, 2.45) is 5.73 Å². The van der Waals surface area contributed by atoms with Gasteiger partial charge in [0, 0.05) is 6.92 Å². The Morgan fingerprint density at radius 1 is 1.21 bits per heavy atom. The maximum absolute atomic E-state index is 9.22. The number of hydrogen-bond donors (Lipinski definition) is 1. The first-order valence-corrected chi connectivity index (χ1v) is 5.05. The minimum atomic E-state index is -0.333. The van der Waals surface area contributed by atoms with E-state index in [1.807, 2.05) is 0 Å². The molecule has 2 heteroatoms. The standard InChI is InChI=1S/C10H10.C2H5NO/c1-2-4-8-7(3-1)9-5-6-10(8)9;1-2(3)4/h1-4,9-10H,5-6H2;1H3,(H2,3,4). The number of amides is 1. The molecular weight excluding hydrogens is 174 g/mol. The minimum Gasteiger partial charge on any atom is -0.370 e. The zero-order valence-corrected chi connectivity index (χ0v) is 8.36. The number of benzene rings is 1. The second-order valence-electron chi connectivity index (χ2n) is 4.03. The molecule has 0 heterocycles. The largest absolute Gasteiger partial charge is 0.370 e. The van der Waals surface area contributed by atoms with Crippen LogP contribution in [0.15, 0.2) is 24.3 Å². The Kier molecular flexibility index (Phi) is 2.28. The van der Waals surface area contributed by atoms with Crippen molar-refractivity contribution < 1.29 is 4.79 Å². The van der Waals surface area contributed by atoms with Crippen molar-refractivity contribution >= 4 is 5.91 Å². The van der Waals surface area contributed by atoms with Crippen LogP contribution in [0.1, 0.15) is 42.7 Å². The van der Waals surface area contributed by atoms with Gasteiger partial charge in [-0.15, -0.1) is 0 Å². The lowest BCUT2D eigenvalue weighted by atomic mass is 9.56. The summed E-state index contributed by atoms with van der Waals surface area (Å²) < 4.78 is 0. The average molecular weight is 189 g/mol. The number of carbonyl (C=O) groups excluding carboxylic acids is 1. The zero-order valence-electron chi connectivity index (χ0n) is 8.36. The summed E-state index contributed by atoms with van der Waals surface area (Å²) >= 11 is 0. The fraction of sp³-hybridized carbons (Fsp3) is 0.417. The van der Waals surface area contributed by atoms with E-state index in [9.17, 15) is 4.79 Å². The summed E-state index contributed by atoms with van der Waals surface area (Å²) in [6, 6.07) is 8.89. The van der Waals surface area contributed by atoms with Crippen LogP contribution in [-0.2, 0) is 4.79 Å². The third-order valence-corrected chi connectivity index (χ3v) is 3.07. The van der Waals surface area contributed by atoms with Crippen LogP contribution >= 0.6 is 0 Å². The summed E-state index contributed by atoms with van der Waals surface area (Å²) in [6.07, 6.45) is 2.89. The smallest absolute Gasteiger partial charge is 0.214 e. The van der Waals surface area contributed by atoms with Crippen LogP contribution in [0.2, 0.25) is 0 Å². The van der Waals surface area contributed by atoms with Crippen molar-refractivity contribution in [1.82, 2.24) is 0 Å². The Labute approximate surface area is 84.1 Å². The number of hydrogen-bond acceptors (Lipinski definition) is 1. The SMILES string of the molecule is CC(N)=O.c1ccc2c(c1)C1CCC21. The molecule has 0 aromatic heterocycles. The highest BCUT2D eigenvalue weighted by Crippen LogP contribution is 2.59. The lowest BCUT2D eigenvalue weighted by molar-refractivity contribution is -0.115. The van der Waals surface area contributed by atoms with Gasteiger partial charge in [-0.1, -0.05) is 24.3 Å². The number of nitrogens with two attached hydrogens (primary N) is 1. The van der Waals surface area contributed by atoms with Crippen LogP contribution in [0.5, 0.6) is 0 Å². The summed E-state index contributed by atoms with van der Waals surface area (Å²) in [4.78, 5) is 9.22. The number of carbonyl (C=O) groups is 1. The van der Waals surface area contributed by atoms with Gasteiger partial charge in [-0.3, -0.25) is 4.79 Å². The second kappa shape index (κ2) is 3.45. The summed E-state index contributed by atoms with van der Waals surface area (Å²) in [5.41, 5.74) is 7.75. The van der Waals surface area contributed by atoms with Crippen LogP contribution in [0.4, 0.5) is 0 Å². The fourth-order valence-electron chi connectivity index (χ4n) is 2.33. The molecule has 2 aliphatic carbocycles. The first-order chi connectivity index (χ1) is 6.70. The maximum Gasteiger partial charge on any atom is 0.214 e. The highest BCUT2D eigenvalue weighted by atomic mass is 16.1. The lowest BCUT2D eigenvalue weighted by Gasteiger charge is -2.48. The summed E-state index contributed by atoms with van der Waals surface area (Å²) in [5, 5.41) is 0. The summed E-state index contributed by atoms with van der Waals surface area (Å²) in [7, 11) is 0. The van der Waals surface area contributed by atoms with Gasteiger partial charge in [0.1, 0.15) is 0 Å². The van der Waals surface area contributed by atoms with Crippen molar-refractivity contribution in [3.05, 3.63) is 35.4 Å². The van der Waals surface area contributed by atoms with Gasteiger partial charge in [-0.25, -0.2) is 0 Å². The Morgan fingerprint density at radius 2 is 1.57 bits per heavy atom. The predicted molar refractivity (Wildman–Crippen MR) is 56.0 cm³/mol. The van der Waals surface area contributed by atoms with Crippen molar-refractivity contribution in [3.8, 4) is 0 Å². The molecule has 3 rings (SSSR count). The molecule has 1 fully saturated rings. The van der Waals surface area contributed by atoms with Gasteiger partial charge < -0.3 is 5.73 Å². The molecule has 2 unspecified atom stereocenters. The number of rotatable bonds is 0. The average Bonchev–Trinajstić information content (AvgIpc) is 2.05. The molecule has 74 valence electrons. The predicted octanol–water partition coefficient (Wildman–Crippen LogP) is 2.15. The molecule has 2 N–H and O–H groups in total. The van der Waals surface area contributed by atoms with Gasteiger partial charge in [-0.2, -0.15) is 0 Å². The lowest BCUT2D eigenvalue weighted by Crippen LogP contribution is -2.32. The maximum atomic E-state index is 9.22. The first-order valence-electron chi connectivity index (χ1n) is 5.05. The molecule has 0 saturated heterocycles. The van der Waals surface area contributed by atoms with E-state index in [1.54, 1.807) is 11.1 Å². The Balaban J connectivity index is 0.000000165. The quantitative estimate of drug-likeness (QED) is 0.667. The van der Waals surface area contributed by atoms with Crippen LogP contribution in [0.3, 0.4) is 0 Å². The molecule has 1 aromatic rings. The van der Waals surface area contributed by atoms with Crippen LogP contribution in [-0.4, -0.2) is 5.91 Å². The third-order valence-electron chi connectivity index (χ3n) is 3.07. The number of fused-ring (bicyclic) bond motifs is 4. The fourth-order valence-corrected chi connectivity index (χ4v) is 2.33. The van der Waals surface area contributed by atoms with E-state index in [0.717, 1.165) is 11.8 Å². The molecule has 0 radical (unpaired) electrons. The third kappa shape index (κ3) is 1.41. The molecule has 2 nitrogen and oxygen atoms in total. The van der Waals surface area contributed by atoms with Gasteiger partial charge in [0.05, 0.1) is 0 Å². The van der Waals surface area contributed by atoms with Crippen LogP contribution < -0.4 is 5.73 Å². The molecule has 1 saturated carbocycles. The molecule has 0 spiro atoms. The van der Waals surface area contributed by atoms with Gasteiger partial charge in [0.25, 0.3) is 0 Å². The molecular formula is C12H15NO. The minimum absolute atomic E-state index is 0.333. The van der Waals surface area contributed by atoms with Crippen molar-refractivity contribution in [3.63, 3.8) is 0 Å². The molecule has 1 amide bonds. The monoisotopic (exact) mass is 189 g/mol. The molecule has 2 atom stereocenters. The van der Waals surface area contributed by atoms with Gasteiger partial charge in [0.2, 0.25) is 5.91 Å². The molecule has 0 bridgehead atoms. The van der Waals surface area contributed by atoms with Crippen molar-refractivity contribution in [2.75, 3.05) is 0 Å². The van der Waals surface area contributed by atoms with Gasteiger partial charge in [0.15, 0.2) is 0 Å². The number of primary amides is 1. The highest BCUT2D eigenvalue weighted by Gasteiger charge is 2.43. The summed E-state index contributed by atoms with van der Waals surface area (Å²) in [6.45, 7) is 1.31. The van der Waals surface area contributed by atoms with E-state index in [-0.39, 0.29) is 5.91 Å². The Bertz CT molecular complexity index is 326. The normalized spacial score (nSPS) is 25.5. The molecule has 2 aliphatic rings. The molecule has 0 aliphatic heterocycles. The topological polar surface area (TPSA) is 43.1 Å². The first kappa shape index (κ1) is 9.25. The van der Waals surface area contributed by atoms with Crippen LogP contribution in [0.25, 0.3) is 0 Å². The van der Waals surface area contributed by atoms with E-state index < -0.39 is 0 Å². The molecule has 1 aromatic carbocycles. The highest BCUT2D eigenvalue weighted by molar-refractivity contribution is 5.70. The van der Waals surface area contributed by atoms with E-state index in [2.05, 4.69) is 30.0 Å². The van der Waals surface area contributed by atoms with E-state index in [1.165, 1.54) is 19.8 Å². The van der Waals surface area contributed by atoms with E-state index in [0.29, 0.717) is 0 Å².